The third kappa shape index (κ3) is 3.00. The summed E-state index contributed by atoms with van der Waals surface area (Å²) < 4.78 is 4.59. The molecule has 1 aromatic carbocycles. The summed E-state index contributed by atoms with van der Waals surface area (Å²) in [6, 6.07) is 5.64. The van der Waals surface area contributed by atoms with E-state index in [4.69, 9.17) is 5.26 Å². The first-order valence-corrected chi connectivity index (χ1v) is 6.07. The molecule has 84 valence electrons. The molecule has 0 aliphatic carbocycles. The molecule has 0 saturated heterocycles. The SMILES string of the molecule is COC(=O)Cc1cc(CBr)cc(C#N)c1S. The predicted octanol–water partition coefficient (Wildman–Crippen LogP) is 2.46. The monoisotopic (exact) mass is 299 g/mol. The molecule has 0 fully saturated rings. The number of alkyl halides is 1. The Morgan fingerprint density at radius 2 is 2.31 bits per heavy atom. The molecule has 0 amide bonds. The summed E-state index contributed by atoms with van der Waals surface area (Å²) in [6.07, 6.45) is 0.130. The number of carbonyl (C=O) groups excluding carboxylic acids is 1. The molecule has 0 bridgehead atoms. The van der Waals surface area contributed by atoms with Crippen molar-refractivity contribution < 1.29 is 9.53 Å². The van der Waals surface area contributed by atoms with E-state index < -0.39 is 0 Å². The smallest absolute Gasteiger partial charge is 0.310 e. The molecule has 1 aromatic rings. The van der Waals surface area contributed by atoms with Gasteiger partial charge in [0.15, 0.2) is 0 Å². The molecular formula is C11H10BrNO2S. The normalized spacial score (nSPS) is 9.62. The van der Waals surface area contributed by atoms with E-state index in [-0.39, 0.29) is 12.4 Å². The summed E-state index contributed by atoms with van der Waals surface area (Å²) in [4.78, 5) is 11.7. The van der Waals surface area contributed by atoms with Gasteiger partial charge in [-0.2, -0.15) is 5.26 Å². The topological polar surface area (TPSA) is 50.1 Å². The lowest BCUT2D eigenvalue weighted by Crippen LogP contribution is -2.06. The molecule has 0 N–H and O–H groups in total. The molecule has 0 atom stereocenters. The second-order valence-electron chi connectivity index (χ2n) is 3.15. The Bertz CT molecular complexity index is 454. The van der Waals surface area contributed by atoms with Gasteiger partial charge in [0.05, 0.1) is 19.1 Å². The minimum absolute atomic E-state index is 0.130. The number of ether oxygens (including phenoxy) is 1. The van der Waals surface area contributed by atoms with E-state index in [1.54, 1.807) is 6.07 Å². The van der Waals surface area contributed by atoms with Gasteiger partial charge in [0.25, 0.3) is 0 Å². The van der Waals surface area contributed by atoms with Crippen molar-refractivity contribution in [2.75, 3.05) is 7.11 Å². The molecule has 5 heteroatoms. The fraction of sp³-hybridized carbons (Fsp3) is 0.273. The number of carbonyl (C=O) groups is 1. The van der Waals surface area contributed by atoms with Crippen LogP contribution in [0.25, 0.3) is 0 Å². The Kier molecular flexibility index (Phi) is 4.84. The van der Waals surface area contributed by atoms with Gasteiger partial charge in [-0.15, -0.1) is 12.6 Å². The third-order valence-electron chi connectivity index (χ3n) is 2.09. The van der Waals surface area contributed by atoms with Crippen molar-refractivity contribution in [1.29, 1.82) is 5.26 Å². The summed E-state index contributed by atoms with van der Waals surface area (Å²) in [5, 5.41) is 9.55. The van der Waals surface area contributed by atoms with Crippen molar-refractivity contribution in [1.82, 2.24) is 0 Å². The van der Waals surface area contributed by atoms with E-state index in [1.165, 1.54) is 7.11 Å². The molecule has 0 spiro atoms. The molecule has 0 unspecified atom stereocenters. The lowest BCUT2D eigenvalue weighted by molar-refractivity contribution is -0.139. The van der Waals surface area contributed by atoms with Crippen LogP contribution in [-0.2, 0) is 21.3 Å². The molecule has 3 nitrogen and oxygen atoms in total. The summed E-state index contributed by atoms with van der Waals surface area (Å²) in [5.41, 5.74) is 2.12. The van der Waals surface area contributed by atoms with Gasteiger partial charge in [0.2, 0.25) is 0 Å². The number of nitrogens with zero attached hydrogens (tertiary/aromatic N) is 1. The molecular weight excluding hydrogens is 290 g/mol. The second-order valence-corrected chi connectivity index (χ2v) is 4.16. The number of halogens is 1. The molecule has 0 aromatic heterocycles. The lowest BCUT2D eigenvalue weighted by Gasteiger charge is -2.08. The average molecular weight is 300 g/mol. The highest BCUT2D eigenvalue weighted by Gasteiger charge is 2.11. The van der Waals surface area contributed by atoms with E-state index in [2.05, 4.69) is 39.4 Å². The quantitative estimate of drug-likeness (QED) is 0.530. The fourth-order valence-electron chi connectivity index (χ4n) is 1.29. The van der Waals surface area contributed by atoms with Gasteiger partial charge in [-0.3, -0.25) is 4.79 Å². The fourth-order valence-corrected chi connectivity index (χ4v) is 1.87. The van der Waals surface area contributed by atoms with Crippen LogP contribution in [0.4, 0.5) is 0 Å². The number of hydrogen-bond acceptors (Lipinski definition) is 4. The van der Waals surface area contributed by atoms with Crippen molar-refractivity contribution in [3.63, 3.8) is 0 Å². The number of rotatable bonds is 3. The first-order chi connectivity index (χ1) is 7.62. The minimum Gasteiger partial charge on any atom is -0.469 e. The highest BCUT2D eigenvalue weighted by molar-refractivity contribution is 9.08. The van der Waals surface area contributed by atoms with E-state index >= 15 is 0 Å². The van der Waals surface area contributed by atoms with E-state index in [9.17, 15) is 4.79 Å². The number of thiol groups is 1. The zero-order valence-corrected chi connectivity index (χ0v) is 11.1. The van der Waals surface area contributed by atoms with Gasteiger partial charge < -0.3 is 4.74 Å². The summed E-state index contributed by atoms with van der Waals surface area (Å²) in [7, 11) is 1.33. The molecule has 0 aliphatic heterocycles. The van der Waals surface area contributed by atoms with Crippen LogP contribution in [0, 0.1) is 11.3 Å². The maximum atomic E-state index is 11.2. The van der Waals surface area contributed by atoms with Crippen molar-refractivity contribution in [2.24, 2.45) is 0 Å². The molecule has 0 heterocycles. The van der Waals surface area contributed by atoms with Crippen LogP contribution >= 0.6 is 28.6 Å². The number of benzene rings is 1. The average Bonchev–Trinajstić information content (AvgIpc) is 2.31. The molecule has 0 radical (unpaired) electrons. The van der Waals surface area contributed by atoms with Crippen molar-refractivity contribution in [2.45, 2.75) is 16.6 Å². The van der Waals surface area contributed by atoms with Gasteiger partial charge in [-0.05, 0) is 17.2 Å². The van der Waals surface area contributed by atoms with Crippen LogP contribution in [0.1, 0.15) is 16.7 Å². The maximum absolute atomic E-state index is 11.2. The summed E-state index contributed by atoms with van der Waals surface area (Å²) >= 11 is 7.56. The van der Waals surface area contributed by atoms with Crippen LogP contribution in [0.5, 0.6) is 0 Å². The number of hydrogen-bond donors (Lipinski definition) is 1. The Labute approximate surface area is 108 Å². The van der Waals surface area contributed by atoms with Crippen LogP contribution in [0.2, 0.25) is 0 Å². The Morgan fingerprint density at radius 1 is 1.62 bits per heavy atom. The first-order valence-electron chi connectivity index (χ1n) is 4.50. The first kappa shape index (κ1) is 13.1. The molecule has 16 heavy (non-hydrogen) atoms. The van der Waals surface area contributed by atoms with Crippen molar-refractivity contribution in [3.8, 4) is 6.07 Å². The van der Waals surface area contributed by atoms with E-state index in [0.29, 0.717) is 21.4 Å². The van der Waals surface area contributed by atoms with Crippen LogP contribution in [0.3, 0.4) is 0 Å². The summed E-state index contributed by atoms with van der Waals surface area (Å²) in [6.45, 7) is 0. The van der Waals surface area contributed by atoms with Crippen molar-refractivity contribution >= 4 is 34.5 Å². The number of esters is 1. The number of methoxy groups -OCH3 is 1. The zero-order chi connectivity index (χ0) is 12.1. The standard InChI is InChI=1S/C11H10BrNO2S/c1-15-10(14)4-8-2-7(5-12)3-9(6-13)11(8)16/h2-3,16H,4-5H2,1H3. The van der Waals surface area contributed by atoms with Crippen LogP contribution in [-0.4, -0.2) is 13.1 Å². The minimum atomic E-state index is -0.342. The lowest BCUT2D eigenvalue weighted by atomic mass is 10.0. The Morgan fingerprint density at radius 3 is 2.81 bits per heavy atom. The molecule has 1 rings (SSSR count). The molecule has 0 aliphatic rings. The predicted molar refractivity (Wildman–Crippen MR) is 66.8 cm³/mol. The third-order valence-corrected chi connectivity index (χ3v) is 3.26. The van der Waals surface area contributed by atoms with Gasteiger partial charge in [0, 0.05) is 10.2 Å². The van der Waals surface area contributed by atoms with Gasteiger partial charge in [-0.1, -0.05) is 22.0 Å². The van der Waals surface area contributed by atoms with Crippen molar-refractivity contribution in [3.05, 3.63) is 28.8 Å². The van der Waals surface area contributed by atoms with Gasteiger partial charge in [0.1, 0.15) is 6.07 Å². The van der Waals surface area contributed by atoms with Gasteiger partial charge >= 0.3 is 5.97 Å². The Balaban J connectivity index is 3.17. The van der Waals surface area contributed by atoms with Crippen LogP contribution < -0.4 is 0 Å². The molecule has 0 saturated carbocycles. The summed E-state index contributed by atoms with van der Waals surface area (Å²) in [5.74, 6) is -0.342. The zero-order valence-electron chi connectivity index (χ0n) is 8.66. The van der Waals surface area contributed by atoms with Crippen LogP contribution in [0.15, 0.2) is 17.0 Å². The maximum Gasteiger partial charge on any atom is 0.310 e. The highest BCUT2D eigenvalue weighted by atomic mass is 79.9. The van der Waals surface area contributed by atoms with Gasteiger partial charge in [-0.25, -0.2) is 0 Å². The Hall–Kier alpha value is -0.990. The number of nitriles is 1. The second kappa shape index (κ2) is 5.92. The van der Waals surface area contributed by atoms with E-state index in [0.717, 1.165) is 5.56 Å². The highest BCUT2D eigenvalue weighted by Crippen LogP contribution is 2.23. The largest absolute Gasteiger partial charge is 0.469 e. The van der Waals surface area contributed by atoms with E-state index in [1.807, 2.05) is 6.07 Å².